The summed E-state index contributed by atoms with van der Waals surface area (Å²) in [5.41, 5.74) is 11.2. The summed E-state index contributed by atoms with van der Waals surface area (Å²) in [6.45, 7) is 4.12. The van der Waals surface area contributed by atoms with Gasteiger partial charge in [0.2, 0.25) is 0 Å². The lowest BCUT2D eigenvalue weighted by atomic mass is 10.2. The van der Waals surface area contributed by atoms with Crippen molar-refractivity contribution in [3.63, 3.8) is 0 Å². The van der Waals surface area contributed by atoms with Gasteiger partial charge in [-0.15, -0.1) is 0 Å². The number of hydrogen-bond acceptors (Lipinski definition) is 6. The van der Waals surface area contributed by atoms with Gasteiger partial charge in [0.1, 0.15) is 5.75 Å². The highest BCUT2D eigenvalue weighted by Gasteiger charge is 2.26. The molecule has 1 heterocycles. The molecule has 9 heteroatoms. The zero-order valence-electron chi connectivity index (χ0n) is 13.2. The first kappa shape index (κ1) is 17.8. The SMILES string of the molecule is CCOC(=O)c1c(N)c(C(N)=O)nn1-c1ccc(Br)c(OCC)c1. The Bertz CT molecular complexity index is 788. The van der Waals surface area contributed by atoms with Gasteiger partial charge in [0, 0.05) is 6.07 Å². The normalized spacial score (nSPS) is 10.5. The molecule has 0 spiro atoms. The minimum absolute atomic E-state index is 0.0598. The molecular weight excluding hydrogens is 380 g/mol. The number of carbonyl (C=O) groups is 2. The maximum absolute atomic E-state index is 12.2. The van der Waals surface area contributed by atoms with Crippen LogP contribution < -0.4 is 16.2 Å². The maximum Gasteiger partial charge on any atom is 0.359 e. The molecule has 0 fully saturated rings. The van der Waals surface area contributed by atoms with E-state index in [1.807, 2.05) is 6.92 Å². The number of anilines is 1. The van der Waals surface area contributed by atoms with E-state index in [1.165, 1.54) is 4.68 Å². The van der Waals surface area contributed by atoms with Crippen LogP contribution in [-0.4, -0.2) is 34.9 Å². The Balaban J connectivity index is 2.64. The monoisotopic (exact) mass is 396 g/mol. The van der Waals surface area contributed by atoms with E-state index in [0.29, 0.717) is 18.0 Å². The van der Waals surface area contributed by atoms with E-state index in [-0.39, 0.29) is 23.7 Å². The van der Waals surface area contributed by atoms with Crippen LogP contribution >= 0.6 is 15.9 Å². The van der Waals surface area contributed by atoms with Crippen molar-refractivity contribution < 1.29 is 19.1 Å². The largest absolute Gasteiger partial charge is 0.493 e. The molecule has 0 aliphatic heterocycles. The lowest BCUT2D eigenvalue weighted by Crippen LogP contribution is -2.14. The number of benzene rings is 1. The van der Waals surface area contributed by atoms with Crippen LogP contribution in [0.5, 0.6) is 5.75 Å². The number of hydrogen-bond donors (Lipinski definition) is 2. The van der Waals surface area contributed by atoms with Crippen molar-refractivity contribution in [1.29, 1.82) is 0 Å². The molecule has 1 aromatic heterocycles. The van der Waals surface area contributed by atoms with Crippen molar-refractivity contribution >= 4 is 33.5 Å². The van der Waals surface area contributed by atoms with E-state index in [0.717, 1.165) is 4.47 Å². The fourth-order valence-electron chi connectivity index (χ4n) is 2.08. The quantitative estimate of drug-likeness (QED) is 0.718. The van der Waals surface area contributed by atoms with Crippen molar-refractivity contribution in [3.8, 4) is 11.4 Å². The van der Waals surface area contributed by atoms with E-state index < -0.39 is 11.9 Å². The molecule has 8 nitrogen and oxygen atoms in total. The summed E-state index contributed by atoms with van der Waals surface area (Å²) in [6, 6.07) is 5.08. The Morgan fingerprint density at radius 3 is 2.58 bits per heavy atom. The number of ether oxygens (including phenoxy) is 2. The van der Waals surface area contributed by atoms with Crippen LogP contribution in [0.25, 0.3) is 5.69 Å². The summed E-state index contributed by atoms with van der Waals surface area (Å²) >= 11 is 3.37. The average Bonchev–Trinajstić information content (AvgIpc) is 2.87. The molecule has 0 saturated heterocycles. The van der Waals surface area contributed by atoms with E-state index in [9.17, 15) is 9.59 Å². The van der Waals surface area contributed by atoms with Crippen LogP contribution in [0.3, 0.4) is 0 Å². The first-order valence-electron chi connectivity index (χ1n) is 7.18. The molecule has 0 radical (unpaired) electrons. The van der Waals surface area contributed by atoms with Gasteiger partial charge in [-0.1, -0.05) is 0 Å². The molecule has 24 heavy (non-hydrogen) atoms. The second kappa shape index (κ2) is 7.35. The zero-order valence-corrected chi connectivity index (χ0v) is 14.8. The van der Waals surface area contributed by atoms with E-state index >= 15 is 0 Å². The Morgan fingerprint density at radius 1 is 1.29 bits per heavy atom. The van der Waals surface area contributed by atoms with Crippen LogP contribution in [0.4, 0.5) is 5.69 Å². The molecule has 0 saturated carbocycles. The number of carbonyl (C=O) groups excluding carboxylic acids is 2. The lowest BCUT2D eigenvalue weighted by molar-refractivity contribution is 0.0517. The summed E-state index contributed by atoms with van der Waals surface area (Å²) < 4.78 is 12.5. The smallest absolute Gasteiger partial charge is 0.359 e. The van der Waals surface area contributed by atoms with Gasteiger partial charge in [-0.2, -0.15) is 5.10 Å². The number of nitrogen functional groups attached to an aromatic ring is 1. The lowest BCUT2D eigenvalue weighted by Gasteiger charge is -2.11. The molecule has 4 N–H and O–H groups in total. The van der Waals surface area contributed by atoms with E-state index in [2.05, 4.69) is 21.0 Å². The van der Waals surface area contributed by atoms with Gasteiger partial charge in [-0.25, -0.2) is 9.48 Å². The van der Waals surface area contributed by atoms with Crippen LogP contribution in [0.15, 0.2) is 22.7 Å². The number of rotatable bonds is 6. The average molecular weight is 397 g/mol. The number of primary amides is 1. The standard InChI is InChI=1S/C15H17BrN4O4/c1-3-23-10-7-8(5-6-9(10)16)20-13(15(22)24-4-2)11(17)12(19-20)14(18)21/h5-7H,3-4,17H2,1-2H3,(H2,18,21). The predicted octanol–water partition coefficient (Wildman–Crippen LogP) is 1.89. The molecule has 128 valence electrons. The molecule has 1 aromatic carbocycles. The van der Waals surface area contributed by atoms with Crippen LogP contribution in [0.1, 0.15) is 34.8 Å². The van der Waals surface area contributed by atoms with Crippen molar-refractivity contribution in [2.75, 3.05) is 18.9 Å². The second-order valence-electron chi connectivity index (χ2n) is 4.66. The van der Waals surface area contributed by atoms with Gasteiger partial charge in [-0.05, 0) is 41.9 Å². The molecule has 0 atom stereocenters. The number of amides is 1. The molecule has 0 unspecified atom stereocenters. The molecule has 1 amide bonds. The number of nitrogens with zero attached hydrogens (tertiary/aromatic N) is 2. The third-order valence-corrected chi connectivity index (χ3v) is 3.74. The summed E-state index contributed by atoms with van der Waals surface area (Å²) in [7, 11) is 0. The van der Waals surface area contributed by atoms with Gasteiger partial charge >= 0.3 is 5.97 Å². The maximum atomic E-state index is 12.2. The van der Waals surface area contributed by atoms with Crippen molar-refractivity contribution in [2.45, 2.75) is 13.8 Å². The number of halogens is 1. The van der Waals surface area contributed by atoms with Crippen molar-refractivity contribution in [1.82, 2.24) is 9.78 Å². The summed E-state index contributed by atoms with van der Waals surface area (Å²) in [5.74, 6) is -0.977. The third kappa shape index (κ3) is 3.35. The fraction of sp³-hybridized carbons (Fsp3) is 0.267. The zero-order chi connectivity index (χ0) is 17.9. The highest BCUT2D eigenvalue weighted by molar-refractivity contribution is 9.10. The molecular formula is C15H17BrN4O4. The summed E-state index contributed by atoms with van der Waals surface area (Å²) in [5, 5.41) is 4.06. The van der Waals surface area contributed by atoms with Crippen LogP contribution in [0.2, 0.25) is 0 Å². The van der Waals surface area contributed by atoms with Crippen LogP contribution in [-0.2, 0) is 4.74 Å². The molecule has 2 aromatic rings. The number of nitrogens with two attached hydrogens (primary N) is 2. The fourth-order valence-corrected chi connectivity index (χ4v) is 2.45. The molecule has 0 bridgehead atoms. The Labute approximate surface area is 146 Å². The molecule has 0 aliphatic rings. The van der Waals surface area contributed by atoms with Gasteiger partial charge in [0.25, 0.3) is 5.91 Å². The number of esters is 1. The first-order valence-corrected chi connectivity index (χ1v) is 7.98. The van der Waals surface area contributed by atoms with E-state index in [4.69, 9.17) is 20.9 Å². The highest BCUT2D eigenvalue weighted by Crippen LogP contribution is 2.29. The van der Waals surface area contributed by atoms with Crippen molar-refractivity contribution in [2.24, 2.45) is 5.73 Å². The first-order chi connectivity index (χ1) is 11.4. The van der Waals surface area contributed by atoms with Crippen molar-refractivity contribution in [3.05, 3.63) is 34.1 Å². The van der Waals surface area contributed by atoms with E-state index in [1.54, 1.807) is 25.1 Å². The van der Waals surface area contributed by atoms with Gasteiger partial charge in [0.05, 0.1) is 29.1 Å². The summed E-state index contributed by atoms with van der Waals surface area (Å²) in [4.78, 5) is 23.7. The molecule has 2 rings (SSSR count). The topological polar surface area (TPSA) is 122 Å². The minimum Gasteiger partial charge on any atom is -0.493 e. The Morgan fingerprint density at radius 2 is 2.00 bits per heavy atom. The van der Waals surface area contributed by atoms with Gasteiger partial charge in [-0.3, -0.25) is 4.79 Å². The second-order valence-corrected chi connectivity index (χ2v) is 5.51. The predicted molar refractivity (Wildman–Crippen MR) is 91.3 cm³/mol. The minimum atomic E-state index is -0.834. The Hall–Kier alpha value is -2.55. The third-order valence-electron chi connectivity index (χ3n) is 3.08. The highest BCUT2D eigenvalue weighted by atomic mass is 79.9. The summed E-state index contributed by atoms with van der Waals surface area (Å²) in [6.07, 6.45) is 0. The molecule has 0 aliphatic carbocycles. The van der Waals surface area contributed by atoms with Crippen LogP contribution in [0, 0.1) is 0 Å². The van der Waals surface area contributed by atoms with Gasteiger partial charge in [0.15, 0.2) is 11.4 Å². The number of aromatic nitrogens is 2. The Kier molecular flexibility index (Phi) is 5.45. The van der Waals surface area contributed by atoms with Gasteiger partial charge < -0.3 is 20.9 Å².